The Morgan fingerprint density at radius 3 is 2.89 bits per heavy atom. The van der Waals surface area contributed by atoms with Crippen molar-refractivity contribution >= 4 is 27.5 Å². The topological polar surface area (TPSA) is 58.7 Å². The molecule has 0 saturated carbocycles. The van der Waals surface area contributed by atoms with Crippen LogP contribution in [-0.2, 0) is 6.54 Å². The molecule has 1 heterocycles. The van der Waals surface area contributed by atoms with E-state index in [0.717, 1.165) is 6.07 Å². The second kappa shape index (κ2) is 5.51. The molecule has 2 aromatic rings. The minimum absolute atomic E-state index is 0.0678. The van der Waals surface area contributed by atoms with Gasteiger partial charge in [0.05, 0.1) is 24.5 Å². The molecule has 0 aliphatic rings. The fourth-order valence-corrected chi connectivity index (χ4v) is 2.01. The largest absolute Gasteiger partial charge is 0.294 e. The quantitative estimate of drug-likeness (QED) is 0.789. The summed E-state index contributed by atoms with van der Waals surface area (Å²) < 4.78 is 14.7. The molecule has 0 amide bonds. The summed E-state index contributed by atoms with van der Waals surface area (Å²) in [6.07, 6.45) is 1.27. The molecule has 0 radical (unpaired) electrons. The van der Waals surface area contributed by atoms with Gasteiger partial charge in [0.15, 0.2) is 5.15 Å². The lowest BCUT2D eigenvalue weighted by Gasteiger charge is -2.07. The van der Waals surface area contributed by atoms with Crippen molar-refractivity contribution in [2.75, 3.05) is 0 Å². The first-order chi connectivity index (χ1) is 9.01. The van der Waals surface area contributed by atoms with Gasteiger partial charge in [-0.15, -0.1) is 0 Å². The van der Waals surface area contributed by atoms with Crippen molar-refractivity contribution in [3.05, 3.63) is 61.5 Å². The summed E-state index contributed by atoms with van der Waals surface area (Å²) in [6.45, 7) is 0.105. The van der Waals surface area contributed by atoms with Crippen LogP contribution in [0, 0.1) is 17.1 Å². The molecule has 0 aliphatic heterocycles. The second-order valence-corrected chi connectivity index (χ2v) is 4.89. The molecule has 1 aromatic heterocycles. The van der Waals surface area contributed by atoms with E-state index in [1.54, 1.807) is 0 Å². The van der Waals surface area contributed by atoms with Gasteiger partial charge >= 0.3 is 0 Å². The third kappa shape index (κ3) is 3.00. The van der Waals surface area contributed by atoms with Crippen LogP contribution in [0.1, 0.15) is 11.1 Å². The van der Waals surface area contributed by atoms with Gasteiger partial charge in [-0.2, -0.15) is 5.26 Å². The highest BCUT2D eigenvalue weighted by Crippen LogP contribution is 2.15. The van der Waals surface area contributed by atoms with Crippen molar-refractivity contribution < 1.29 is 4.39 Å². The zero-order valence-electron chi connectivity index (χ0n) is 9.40. The molecule has 0 N–H and O–H groups in total. The van der Waals surface area contributed by atoms with Crippen LogP contribution >= 0.6 is 27.5 Å². The summed E-state index contributed by atoms with van der Waals surface area (Å²) in [5.41, 5.74) is 0.321. The molecule has 0 fully saturated rings. The lowest BCUT2D eigenvalue weighted by atomic mass is 10.1. The number of hydrogen-bond acceptors (Lipinski definition) is 3. The van der Waals surface area contributed by atoms with E-state index in [1.807, 2.05) is 6.07 Å². The average Bonchev–Trinajstić information content (AvgIpc) is 2.39. The Hall–Kier alpha value is -1.71. The number of nitrogens with zero attached hydrogens (tertiary/aromatic N) is 3. The molecule has 19 heavy (non-hydrogen) atoms. The molecular formula is C12H6BrClFN3O. The zero-order valence-corrected chi connectivity index (χ0v) is 11.7. The van der Waals surface area contributed by atoms with Gasteiger partial charge in [0.2, 0.25) is 0 Å². The Labute approximate surface area is 121 Å². The third-order valence-electron chi connectivity index (χ3n) is 2.38. The molecule has 0 unspecified atom stereocenters. The number of aromatic nitrogens is 2. The number of hydrogen-bond donors (Lipinski definition) is 0. The Morgan fingerprint density at radius 1 is 1.47 bits per heavy atom. The molecule has 96 valence electrons. The van der Waals surface area contributed by atoms with E-state index in [2.05, 4.69) is 20.9 Å². The molecule has 0 aliphatic carbocycles. The maximum absolute atomic E-state index is 13.3. The Kier molecular flexibility index (Phi) is 3.98. The van der Waals surface area contributed by atoms with Crippen LogP contribution in [0.3, 0.4) is 0 Å². The SMILES string of the molecule is N#Cc1cc(F)cc(Cn2cnc(Cl)c(Br)c2=O)c1. The van der Waals surface area contributed by atoms with Gasteiger partial charge in [-0.25, -0.2) is 9.37 Å². The third-order valence-corrected chi connectivity index (χ3v) is 3.61. The molecule has 0 spiro atoms. The van der Waals surface area contributed by atoms with Crippen molar-refractivity contribution in [1.82, 2.24) is 9.55 Å². The number of benzene rings is 1. The monoisotopic (exact) mass is 341 g/mol. The predicted octanol–water partition coefficient (Wildman–Crippen LogP) is 2.72. The van der Waals surface area contributed by atoms with Gasteiger partial charge < -0.3 is 0 Å². The van der Waals surface area contributed by atoms with Gasteiger partial charge in [-0.05, 0) is 39.7 Å². The van der Waals surface area contributed by atoms with Gasteiger partial charge in [0.25, 0.3) is 5.56 Å². The molecule has 4 nitrogen and oxygen atoms in total. The summed E-state index contributed by atoms with van der Waals surface area (Å²) in [5, 5.41) is 8.83. The first-order valence-electron chi connectivity index (χ1n) is 5.11. The normalized spacial score (nSPS) is 10.2. The second-order valence-electron chi connectivity index (χ2n) is 3.74. The highest BCUT2D eigenvalue weighted by Gasteiger charge is 2.08. The fraction of sp³-hybridized carbons (Fsp3) is 0.0833. The van der Waals surface area contributed by atoms with Gasteiger partial charge in [0, 0.05) is 0 Å². The summed E-state index contributed by atoms with van der Waals surface area (Å²) in [7, 11) is 0. The van der Waals surface area contributed by atoms with Gasteiger partial charge in [-0.3, -0.25) is 9.36 Å². The lowest BCUT2D eigenvalue weighted by Crippen LogP contribution is -2.22. The standard InChI is InChI=1S/C12H6BrClFN3O/c13-10-11(14)17-6-18(12(10)19)5-8-1-7(4-16)2-9(15)3-8/h1-3,6H,5H2. The van der Waals surface area contributed by atoms with E-state index in [9.17, 15) is 9.18 Å². The van der Waals surface area contributed by atoms with Crippen LogP contribution in [0.2, 0.25) is 5.15 Å². The first-order valence-corrected chi connectivity index (χ1v) is 6.28. The fourth-order valence-electron chi connectivity index (χ4n) is 1.56. The average molecular weight is 343 g/mol. The van der Waals surface area contributed by atoms with Crippen molar-refractivity contribution in [3.8, 4) is 6.07 Å². The van der Waals surface area contributed by atoms with E-state index >= 15 is 0 Å². The van der Waals surface area contributed by atoms with E-state index in [0.29, 0.717) is 5.56 Å². The molecule has 1 aromatic carbocycles. The predicted molar refractivity (Wildman–Crippen MR) is 71.4 cm³/mol. The molecule has 2 rings (SSSR count). The molecular weight excluding hydrogens is 337 g/mol. The highest BCUT2D eigenvalue weighted by atomic mass is 79.9. The maximum atomic E-state index is 13.3. The van der Waals surface area contributed by atoms with Crippen LogP contribution in [0.5, 0.6) is 0 Å². The zero-order chi connectivity index (χ0) is 14.0. The smallest absolute Gasteiger partial charge is 0.269 e. The Morgan fingerprint density at radius 2 is 2.21 bits per heavy atom. The van der Waals surface area contributed by atoms with Crippen molar-refractivity contribution in [2.45, 2.75) is 6.54 Å². The van der Waals surface area contributed by atoms with Crippen LogP contribution in [0.25, 0.3) is 0 Å². The Balaban J connectivity index is 2.43. The van der Waals surface area contributed by atoms with Gasteiger partial charge in [-0.1, -0.05) is 11.6 Å². The number of halogens is 3. The van der Waals surface area contributed by atoms with Crippen LogP contribution in [0.4, 0.5) is 4.39 Å². The van der Waals surface area contributed by atoms with E-state index < -0.39 is 5.82 Å². The number of rotatable bonds is 2. The van der Waals surface area contributed by atoms with Crippen LogP contribution < -0.4 is 5.56 Å². The van der Waals surface area contributed by atoms with Gasteiger partial charge in [0.1, 0.15) is 10.3 Å². The van der Waals surface area contributed by atoms with Crippen molar-refractivity contribution in [3.63, 3.8) is 0 Å². The molecule has 0 atom stereocenters. The summed E-state index contributed by atoms with van der Waals surface area (Å²) in [6, 6.07) is 5.75. The van der Waals surface area contributed by atoms with E-state index in [4.69, 9.17) is 16.9 Å². The van der Waals surface area contributed by atoms with Crippen molar-refractivity contribution in [1.29, 1.82) is 5.26 Å². The Bertz CT molecular complexity index is 739. The summed E-state index contributed by atoms with van der Waals surface area (Å²) in [4.78, 5) is 15.7. The first kappa shape index (κ1) is 13.7. The molecule has 0 saturated heterocycles. The minimum atomic E-state index is -0.525. The van der Waals surface area contributed by atoms with E-state index in [1.165, 1.54) is 23.0 Å². The molecule has 7 heteroatoms. The summed E-state index contributed by atoms with van der Waals surface area (Å²) in [5.74, 6) is -0.525. The maximum Gasteiger partial charge on any atom is 0.269 e. The highest BCUT2D eigenvalue weighted by molar-refractivity contribution is 9.10. The van der Waals surface area contributed by atoms with Crippen molar-refractivity contribution in [2.24, 2.45) is 0 Å². The number of nitriles is 1. The van der Waals surface area contributed by atoms with Crippen LogP contribution in [0.15, 0.2) is 33.8 Å². The lowest BCUT2D eigenvalue weighted by molar-refractivity contribution is 0.621. The van der Waals surface area contributed by atoms with Crippen LogP contribution in [-0.4, -0.2) is 9.55 Å². The van der Waals surface area contributed by atoms with E-state index in [-0.39, 0.29) is 27.3 Å². The molecule has 0 bridgehead atoms. The summed E-state index contributed by atoms with van der Waals surface area (Å²) >= 11 is 8.72. The minimum Gasteiger partial charge on any atom is -0.294 e.